The monoisotopic (exact) mass is 154 g/mol. The molecule has 0 rings (SSSR count). The lowest BCUT2D eigenvalue weighted by Crippen LogP contribution is -2.12. The maximum atomic E-state index is 10.6. The zero-order chi connectivity index (χ0) is 8.69. The predicted molar refractivity (Wildman–Crippen MR) is 39.4 cm³/mol. The van der Waals surface area contributed by atoms with Gasteiger partial charge in [0, 0.05) is 11.8 Å². The maximum Gasteiger partial charge on any atom is 0.332 e. The normalized spacial score (nSPS) is 10.1. The SMILES string of the molecule is COC(=O)/C=C(/C)NCC#N. The van der Waals surface area contributed by atoms with Crippen molar-refractivity contribution in [3.05, 3.63) is 11.8 Å². The Labute approximate surface area is 65.5 Å². The Kier molecular flexibility index (Phi) is 4.58. The lowest BCUT2D eigenvalue weighted by molar-refractivity contribution is -0.134. The van der Waals surface area contributed by atoms with E-state index < -0.39 is 5.97 Å². The van der Waals surface area contributed by atoms with E-state index in [1.807, 2.05) is 6.07 Å². The van der Waals surface area contributed by atoms with Gasteiger partial charge in [-0.1, -0.05) is 0 Å². The third-order valence-corrected chi connectivity index (χ3v) is 0.982. The molecule has 0 aliphatic carbocycles. The van der Waals surface area contributed by atoms with Crippen molar-refractivity contribution in [3.8, 4) is 6.07 Å². The summed E-state index contributed by atoms with van der Waals surface area (Å²) in [6.07, 6.45) is 1.29. The summed E-state index contributed by atoms with van der Waals surface area (Å²) in [6.45, 7) is 1.88. The van der Waals surface area contributed by atoms with Crippen LogP contribution in [0.1, 0.15) is 6.92 Å². The van der Waals surface area contributed by atoms with Crippen molar-refractivity contribution in [1.82, 2.24) is 5.32 Å². The fourth-order valence-electron chi connectivity index (χ4n) is 0.466. The van der Waals surface area contributed by atoms with Gasteiger partial charge in [-0.2, -0.15) is 5.26 Å². The molecule has 4 nitrogen and oxygen atoms in total. The molecule has 4 heteroatoms. The summed E-state index contributed by atoms with van der Waals surface area (Å²) in [5, 5.41) is 10.8. The highest BCUT2D eigenvalue weighted by molar-refractivity contribution is 5.82. The number of nitriles is 1. The first-order chi connectivity index (χ1) is 5.20. The highest BCUT2D eigenvalue weighted by Gasteiger charge is 1.94. The van der Waals surface area contributed by atoms with Crippen molar-refractivity contribution in [3.63, 3.8) is 0 Å². The zero-order valence-corrected chi connectivity index (χ0v) is 6.55. The van der Waals surface area contributed by atoms with Gasteiger partial charge in [-0.25, -0.2) is 4.79 Å². The first kappa shape index (κ1) is 9.50. The second kappa shape index (κ2) is 5.30. The molecule has 0 aliphatic rings. The lowest BCUT2D eigenvalue weighted by Gasteiger charge is -1.98. The van der Waals surface area contributed by atoms with E-state index in [1.165, 1.54) is 13.2 Å². The summed E-state index contributed by atoms with van der Waals surface area (Å²) in [7, 11) is 1.30. The topological polar surface area (TPSA) is 62.1 Å². The van der Waals surface area contributed by atoms with Gasteiger partial charge in [0.25, 0.3) is 0 Å². The third kappa shape index (κ3) is 4.97. The van der Waals surface area contributed by atoms with Crippen LogP contribution in [0.4, 0.5) is 0 Å². The largest absolute Gasteiger partial charge is 0.466 e. The average molecular weight is 154 g/mol. The number of hydrogen-bond donors (Lipinski definition) is 1. The quantitative estimate of drug-likeness (QED) is 0.358. The van der Waals surface area contributed by atoms with Gasteiger partial charge in [0.1, 0.15) is 6.54 Å². The molecule has 0 saturated carbocycles. The fourth-order valence-corrected chi connectivity index (χ4v) is 0.466. The number of carbonyl (C=O) groups is 1. The van der Waals surface area contributed by atoms with Crippen molar-refractivity contribution in [2.45, 2.75) is 6.92 Å². The van der Waals surface area contributed by atoms with E-state index in [4.69, 9.17) is 5.26 Å². The molecule has 0 aromatic carbocycles. The van der Waals surface area contributed by atoms with E-state index in [2.05, 4.69) is 10.1 Å². The van der Waals surface area contributed by atoms with Gasteiger partial charge in [0.2, 0.25) is 0 Å². The standard InChI is InChI=1S/C7H10N2O2/c1-6(9-4-3-8)5-7(10)11-2/h5,9H,4H2,1-2H3/b6-5-. The van der Waals surface area contributed by atoms with Crippen LogP contribution in [0.25, 0.3) is 0 Å². The lowest BCUT2D eigenvalue weighted by atomic mass is 10.4. The number of rotatable bonds is 3. The Balaban J connectivity index is 3.82. The van der Waals surface area contributed by atoms with Crippen LogP contribution in [0.5, 0.6) is 0 Å². The number of hydrogen-bond acceptors (Lipinski definition) is 4. The summed E-state index contributed by atoms with van der Waals surface area (Å²) in [5.74, 6) is -0.423. The summed E-state index contributed by atoms with van der Waals surface area (Å²) in [6, 6.07) is 1.89. The minimum absolute atomic E-state index is 0.194. The molecule has 0 radical (unpaired) electrons. The molecule has 0 saturated heterocycles. The first-order valence-electron chi connectivity index (χ1n) is 3.07. The Hall–Kier alpha value is -1.50. The summed E-state index contributed by atoms with van der Waals surface area (Å²) in [4.78, 5) is 10.6. The van der Waals surface area contributed by atoms with Crippen LogP contribution in [0.3, 0.4) is 0 Å². The van der Waals surface area contributed by atoms with E-state index in [-0.39, 0.29) is 6.54 Å². The van der Waals surface area contributed by atoms with Crippen LogP contribution in [-0.4, -0.2) is 19.6 Å². The molecule has 0 atom stereocenters. The van der Waals surface area contributed by atoms with E-state index in [9.17, 15) is 4.79 Å². The van der Waals surface area contributed by atoms with Gasteiger partial charge in [-0.3, -0.25) is 0 Å². The number of esters is 1. The van der Waals surface area contributed by atoms with Crippen molar-refractivity contribution < 1.29 is 9.53 Å². The van der Waals surface area contributed by atoms with Crippen LogP contribution >= 0.6 is 0 Å². The average Bonchev–Trinajstić information content (AvgIpc) is 2.00. The second-order valence-electron chi connectivity index (χ2n) is 1.86. The molecule has 0 aromatic rings. The molecule has 0 unspecified atom stereocenters. The van der Waals surface area contributed by atoms with Crippen LogP contribution in [0, 0.1) is 11.3 Å². The van der Waals surface area contributed by atoms with E-state index in [1.54, 1.807) is 6.92 Å². The van der Waals surface area contributed by atoms with Crippen LogP contribution in [0.2, 0.25) is 0 Å². The third-order valence-electron chi connectivity index (χ3n) is 0.982. The number of methoxy groups -OCH3 is 1. The van der Waals surface area contributed by atoms with Gasteiger partial charge in [0.05, 0.1) is 13.2 Å². The fraction of sp³-hybridized carbons (Fsp3) is 0.429. The molecule has 0 aliphatic heterocycles. The molecule has 1 N–H and O–H groups in total. The van der Waals surface area contributed by atoms with E-state index >= 15 is 0 Å². The van der Waals surface area contributed by atoms with Crippen LogP contribution in [0.15, 0.2) is 11.8 Å². The van der Waals surface area contributed by atoms with Gasteiger partial charge in [0.15, 0.2) is 0 Å². The number of nitrogens with zero attached hydrogens (tertiary/aromatic N) is 1. The molecule has 60 valence electrons. The Morgan fingerprint density at radius 3 is 2.91 bits per heavy atom. The first-order valence-corrected chi connectivity index (χ1v) is 3.07. The number of nitrogens with one attached hydrogen (secondary N) is 1. The van der Waals surface area contributed by atoms with Crippen molar-refractivity contribution in [2.75, 3.05) is 13.7 Å². The smallest absolute Gasteiger partial charge is 0.332 e. The summed E-state index contributed by atoms with van der Waals surface area (Å²) in [5.41, 5.74) is 0.624. The molecule has 0 spiro atoms. The van der Waals surface area contributed by atoms with Gasteiger partial charge < -0.3 is 10.1 Å². The molecule has 0 bridgehead atoms. The highest BCUT2D eigenvalue weighted by Crippen LogP contribution is 1.86. The van der Waals surface area contributed by atoms with Gasteiger partial charge in [-0.05, 0) is 6.92 Å². The number of allylic oxidation sites excluding steroid dienone is 1. The van der Waals surface area contributed by atoms with Crippen LogP contribution < -0.4 is 5.32 Å². The van der Waals surface area contributed by atoms with E-state index in [0.717, 1.165) is 0 Å². The minimum Gasteiger partial charge on any atom is -0.466 e. The maximum absolute atomic E-state index is 10.6. The number of carbonyl (C=O) groups excluding carboxylic acids is 1. The van der Waals surface area contributed by atoms with E-state index in [0.29, 0.717) is 5.70 Å². The number of ether oxygens (including phenoxy) is 1. The minimum atomic E-state index is -0.423. The molecule has 0 fully saturated rings. The Bertz CT molecular complexity index is 203. The highest BCUT2D eigenvalue weighted by atomic mass is 16.5. The molecule has 0 amide bonds. The molecular weight excluding hydrogens is 144 g/mol. The van der Waals surface area contributed by atoms with Crippen molar-refractivity contribution >= 4 is 5.97 Å². The summed E-state index contributed by atoms with van der Waals surface area (Å²) < 4.78 is 4.36. The predicted octanol–water partition coefficient (Wildman–Crippen LogP) is 0.176. The molecule has 0 heterocycles. The van der Waals surface area contributed by atoms with Crippen molar-refractivity contribution in [2.24, 2.45) is 0 Å². The second-order valence-corrected chi connectivity index (χ2v) is 1.86. The molecular formula is C7H10N2O2. The van der Waals surface area contributed by atoms with Crippen LogP contribution in [-0.2, 0) is 9.53 Å². The molecule has 0 aromatic heterocycles. The van der Waals surface area contributed by atoms with Crippen molar-refractivity contribution in [1.29, 1.82) is 5.26 Å². The Morgan fingerprint density at radius 2 is 2.45 bits per heavy atom. The van der Waals surface area contributed by atoms with Gasteiger partial charge in [-0.15, -0.1) is 0 Å². The summed E-state index contributed by atoms with van der Waals surface area (Å²) >= 11 is 0. The zero-order valence-electron chi connectivity index (χ0n) is 6.55. The molecule has 11 heavy (non-hydrogen) atoms. The Morgan fingerprint density at radius 1 is 1.82 bits per heavy atom. The van der Waals surface area contributed by atoms with Gasteiger partial charge >= 0.3 is 5.97 Å².